The van der Waals surface area contributed by atoms with Crippen LogP contribution in [0.25, 0.3) is 0 Å². The third-order valence-electron chi connectivity index (χ3n) is 3.82. The number of rotatable bonds is 5. The Labute approximate surface area is 152 Å². The second kappa shape index (κ2) is 7.47. The van der Waals surface area contributed by atoms with Crippen molar-refractivity contribution >= 4 is 28.6 Å². The summed E-state index contributed by atoms with van der Waals surface area (Å²) in [4.78, 5) is 26.0. The maximum atomic E-state index is 12.4. The van der Waals surface area contributed by atoms with Crippen LogP contribution < -0.4 is 10.2 Å². The van der Waals surface area contributed by atoms with Crippen molar-refractivity contribution in [1.82, 2.24) is 9.88 Å². The van der Waals surface area contributed by atoms with Crippen LogP contribution in [0.2, 0.25) is 0 Å². The molecule has 126 valence electrons. The highest BCUT2D eigenvalue weighted by Crippen LogP contribution is 2.16. The number of benzene rings is 1. The molecule has 2 aromatic heterocycles. The zero-order valence-electron chi connectivity index (χ0n) is 13.5. The number of aromatic nitrogens is 1. The first-order valence-electron chi connectivity index (χ1n) is 7.59. The van der Waals surface area contributed by atoms with Crippen LogP contribution in [-0.4, -0.2) is 10.5 Å². The molecule has 0 saturated heterocycles. The third-order valence-corrected chi connectivity index (χ3v) is 5.78. The van der Waals surface area contributed by atoms with E-state index in [0.29, 0.717) is 22.7 Å². The summed E-state index contributed by atoms with van der Waals surface area (Å²) in [5, 5.41) is 14.0. The maximum Gasteiger partial charge on any atom is 0.308 e. The van der Waals surface area contributed by atoms with Gasteiger partial charge in [-0.05, 0) is 30.0 Å². The van der Waals surface area contributed by atoms with Crippen LogP contribution in [-0.2, 0) is 13.1 Å². The first-order chi connectivity index (χ1) is 12.1. The fourth-order valence-electron chi connectivity index (χ4n) is 2.47. The lowest BCUT2D eigenvalue weighted by Crippen LogP contribution is -2.22. The highest BCUT2D eigenvalue weighted by molar-refractivity contribution is 7.11. The van der Waals surface area contributed by atoms with E-state index in [2.05, 4.69) is 11.4 Å². The monoisotopic (exact) mass is 369 g/mol. The lowest BCUT2D eigenvalue weighted by molar-refractivity contribution is 0.0954. The number of amides is 1. The van der Waals surface area contributed by atoms with Gasteiger partial charge in [0, 0.05) is 10.6 Å². The Hall–Kier alpha value is -2.69. The number of nitrogens with one attached hydrogen (secondary N) is 1. The molecule has 1 aromatic carbocycles. The number of hydrogen-bond acceptors (Lipinski definition) is 5. The standard InChI is InChI=1S/C18H15N3O2S2/c1-12-16(17(22)20-10-15-7-4-8-24-15)25-18(23)21(12)11-14-6-3-2-5-13(14)9-19/h2-8H,10-11H2,1H3,(H,20,22). The van der Waals surface area contributed by atoms with Crippen LogP contribution in [0, 0.1) is 18.3 Å². The molecule has 0 unspecified atom stereocenters. The molecule has 7 heteroatoms. The molecule has 0 fully saturated rings. The fraction of sp³-hybridized carbons (Fsp3) is 0.167. The summed E-state index contributed by atoms with van der Waals surface area (Å²) in [5.74, 6) is -0.250. The summed E-state index contributed by atoms with van der Waals surface area (Å²) >= 11 is 2.50. The molecule has 0 saturated carbocycles. The van der Waals surface area contributed by atoms with Gasteiger partial charge in [-0.2, -0.15) is 5.26 Å². The Bertz CT molecular complexity index is 994. The summed E-state index contributed by atoms with van der Waals surface area (Å²) < 4.78 is 1.54. The molecular formula is C18H15N3O2S2. The van der Waals surface area contributed by atoms with Gasteiger partial charge in [-0.3, -0.25) is 14.2 Å². The molecule has 0 radical (unpaired) electrons. The molecule has 3 aromatic rings. The molecular weight excluding hydrogens is 354 g/mol. The number of carbonyl (C=O) groups is 1. The predicted molar refractivity (Wildman–Crippen MR) is 99.1 cm³/mol. The van der Waals surface area contributed by atoms with Crippen LogP contribution in [0.4, 0.5) is 0 Å². The van der Waals surface area contributed by atoms with E-state index in [0.717, 1.165) is 21.8 Å². The van der Waals surface area contributed by atoms with Crippen LogP contribution in [0.15, 0.2) is 46.6 Å². The van der Waals surface area contributed by atoms with Crippen molar-refractivity contribution in [3.63, 3.8) is 0 Å². The van der Waals surface area contributed by atoms with Crippen molar-refractivity contribution in [2.45, 2.75) is 20.0 Å². The van der Waals surface area contributed by atoms with E-state index >= 15 is 0 Å². The van der Waals surface area contributed by atoms with Crippen LogP contribution >= 0.6 is 22.7 Å². The minimum absolute atomic E-state index is 0.202. The number of thiazole rings is 1. The lowest BCUT2D eigenvalue weighted by atomic mass is 10.1. The van der Waals surface area contributed by atoms with Gasteiger partial charge in [-0.1, -0.05) is 35.6 Å². The summed E-state index contributed by atoms with van der Waals surface area (Å²) in [6.45, 7) is 2.48. The summed E-state index contributed by atoms with van der Waals surface area (Å²) in [6, 6.07) is 13.2. The van der Waals surface area contributed by atoms with Gasteiger partial charge in [-0.15, -0.1) is 11.3 Å². The molecule has 1 amide bonds. The Morgan fingerprint density at radius 3 is 2.80 bits per heavy atom. The summed E-state index contributed by atoms with van der Waals surface area (Å²) in [6.07, 6.45) is 0. The first-order valence-corrected chi connectivity index (χ1v) is 9.28. The highest BCUT2D eigenvalue weighted by atomic mass is 32.1. The molecule has 0 aliphatic carbocycles. The molecule has 0 spiro atoms. The molecule has 0 atom stereocenters. The van der Waals surface area contributed by atoms with Gasteiger partial charge in [0.2, 0.25) is 0 Å². The van der Waals surface area contributed by atoms with Gasteiger partial charge in [0.15, 0.2) is 0 Å². The SMILES string of the molecule is Cc1c(C(=O)NCc2cccs2)sc(=O)n1Cc1ccccc1C#N. The van der Waals surface area contributed by atoms with Crippen molar-refractivity contribution in [3.8, 4) is 6.07 Å². The summed E-state index contributed by atoms with van der Waals surface area (Å²) in [7, 11) is 0. The van der Waals surface area contributed by atoms with Crippen LogP contribution in [0.1, 0.15) is 31.4 Å². The van der Waals surface area contributed by atoms with Crippen molar-refractivity contribution < 1.29 is 4.79 Å². The molecule has 5 nitrogen and oxygen atoms in total. The summed E-state index contributed by atoms with van der Waals surface area (Å²) in [5.41, 5.74) is 1.91. The average Bonchev–Trinajstić information content (AvgIpc) is 3.23. The maximum absolute atomic E-state index is 12.4. The second-order valence-electron chi connectivity index (χ2n) is 5.40. The molecule has 0 bridgehead atoms. The van der Waals surface area contributed by atoms with E-state index in [-0.39, 0.29) is 17.3 Å². The van der Waals surface area contributed by atoms with E-state index < -0.39 is 0 Å². The van der Waals surface area contributed by atoms with E-state index in [4.69, 9.17) is 0 Å². The first kappa shape index (κ1) is 17.1. The molecule has 1 N–H and O–H groups in total. The van der Waals surface area contributed by atoms with Crippen molar-refractivity contribution in [1.29, 1.82) is 5.26 Å². The van der Waals surface area contributed by atoms with Crippen molar-refractivity contribution in [2.75, 3.05) is 0 Å². The average molecular weight is 369 g/mol. The van der Waals surface area contributed by atoms with Gasteiger partial charge in [0.25, 0.3) is 5.91 Å². The van der Waals surface area contributed by atoms with Gasteiger partial charge in [0.05, 0.1) is 24.7 Å². The zero-order valence-corrected chi connectivity index (χ0v) is 15.1. The molecule has 0 aliphatic rings. The second-order valence-corrected chi connectivity index (χ2v) is 7.39. The number of nitrogens with zero attached hydrogens (tertiary/aromatic N) is 2. The van der Waals surface area contributed by atoms with E-state index in [9.17, 15) is 14.9 Å². The molecule has 0 aliphatic heterocycles. The van der Waals surface area contributed by atoms with Gasteiger partial charge >= 0.3 is 4.87 Å². The van der Waals surface area contributed by atoms with Crippen molar-refractivity contribution in [2.24, 2.45) is 0 Å². The quantitative estimate of drug-likeness (QED) is 0.751. The van der Waals surface area contributed by atoms with Gasteiger partial charge < -0.3 is 5.32 Å². The smallest absolute Gasteiger partial charge is 0.308 e. The largest absolute Gasteiger partial charge is 0.346 e. The van der Waals surface area contributed by atoms with E-state index in [1.165, 1.54) is 0 Å². The number of carbonyl (C=O) groups excluding carboxylic acids is 1. The Balaban J connectivity index is 1.82. The number of nitriles is 1. The fourth-order valence-corrected chi connectivity index (χ4v) is 4.02. The Morgan fingerprint density at radius 2 is 2.08 bits per heavy atom. The number of hydrogen-bond donors (Lipinski definition) is 1. The topological polar surface area (TPSA) is 74.9 Å². The normalized spacial score (nSPS) is 10.4. The zero-order chi connectivity index (χ0) is 17.8. The van der Waals surface area contributed by atoms with Gasteiger partial charge in [0.1, 0.15) is 4.88 Å². The molecule has 3 rings (SSSR count). The molecule has 25 heavy (non-hydrogen) atoms. The van der Waals surface area contributed by atoms with Gasteiger partial charge in [-0.25, -0.2) is 0 Å². The van der Waals surface area contributed by atoms with E-state index in [1.54, 1.807) is 35.0 Å². The minimum Gasteiger partial charge on any atom is -0.346 e. The predicted octanol–water partition coefficient (Wildman–Crippen LogP) is 3.13. The lowest BCUT2D eigenvalue weighted by Gasteiger charge is -2.07. The number of thiophene rings is 1. The Kier molecular flexibility index (Phi) is 5.12. The molecule has 2 heterocycles. The minimum atomic E-state index is -0.250. The third kappa shape index (κ3) is 3.71. The Morgan fingerprint density at radius 1 is 1.28 bits per heavy atom. The van der Waals surface area contributed by atoms with E-state index in [1.807, 2.05) is 29.6 Å². The highest BCUT2D eigenvalue weighted by Gasteiger charge is 2.18. The van der Waals surface area contributed by atoms with Crippen LogP contribution in [0.3, 0.4) is 0 Å². The van der Waals surface area contributed by atoms with Crippen LogP contribution in [0.5, 0.6) is 0 Å². The van der Waals surface area contributed by atoms with Crippen molar-refractivity contribution in [3.05, 3.63) is 78.0 Å².